The van der Waals surface area contributed by atoms with Crippen LogP contribution in [0.15, 0.2) is 22.5 Å². The minimum Gasteiger partial charge on any atom is -0.356 e. The van der Waals surface area contributed by atoms with Crippen molar-refractivity contribution in [1.29, 1.82) is 0 Å². The fourth-order valence-corrected chi connectivity index (χ4v) is 3.72. The molecule has 0 bridgehead atoms. The third-order valence-corrected chi connectivity index (χ3v) is 5.40. The highest BCUT2D eigenvalue weighted by atomic mass is 127. The molecule has 1 amide bonds. The molecular weight excluding hydrogens is 461 g/mol. The Morgan fingerprint density at radius 3 is 2.50 bits per heavy atom. The zero-order chi connectivity index (χ0) is 18.2. The van der Waals surface area contributed by atoms with E-state index in [0.29, 0.717) is 12.5 Å². The highest BCUT2D eigenvalue weighted by Gasteiger charge is 2.21. The van der Waals surface area contributed by atoms with E-state index in [1.807, 2.05) is 20.9 Å². The maximum absolute atomic E-state index is 11.9. The standard InChI is InChI=1S/C18H31N5OS.HI/c1-14(2)21-17(24)13-22-7-9-23(10-8-22)18(19-4)20-12-15(3)16-6-5-11-25-16;/h5-6,11,14-15H,7-10,12-13H2,1-4H3,(H,19,20)(H,21,24);1H. The number of amides is 1. The molecule has 1 atom stereocenters. The van der Waals surface area contributed by atoms with Crippen LogP contribution in [0.4, 0.5) is 0 Å². The number of hydrogen-bond donors (Lipinski definition) is 2. The monoisotopic (exact) mass is 493 g/mol. The molecule has 26 heavy (non-hydrogen) atoms. The molecule has 0 radical (unpaired) electrons. The van der Waals surface area contributed by atoms with Crippen LogP contribution in [0.3, 0.4) is 0 Å². The number of nitrogens with one attached hydrogen (secondary N) is 2. The van der Waals surface area contributed by atoms with Crippen LogP contribution in [0.2, 0.25) is 0 Å². The second-order valence-electron chi connectivity index (χ2n) is 6.83. The first-order valence-electron chi connectivity index (χ1n) is 9.00. The lowest BCUT2D eigenvalue weighted by molar-refractivity contribution is -0.123. The number of carbonyl (C=O) groups excluding carboxylic acids is 1. The van der Waals surface area contributed by atoms with Crippen LogP contribution in [0.1, 0.15) is 31.6 Å². The van der Waals surface area contributed by atoms with Crippen molar-refractivity contribution in [3.63, 3.8) is 0 Å². The second-order valence-corrected chi connectivity index (χ2v) is 7.81. The lowest BCUT2D eigenvalue weighted by Gasteiger charge is -2.36. The average molecular weight is 493 g/mol. The minimum absolute atomic E-state index is 0. The summed E-state index contributed by atoms with van der Waals surface area (Å²) in [5.41, 5.74) is 0. The van der Waals surface area contributed by atoms with Gasteiger partial charge in [0.15, 0.2) is 5.96 Å². The third-order valence-electron chi connectivity index (χ3n) is 4.30. The molecule has 2 heterocycles. The first-order chi connectivity index (χ1) is 12.0. The van der Waals surface area contributed by atoms with Gasteiger partial charge in [0.05, 0.1) is 6.54 Å². The van der Waals surface area contributed by atoms with E-state index in [-0.39, 0.29) is 35.9 Å². The van der Waals surface area contributed by atoms with Gasteiger partial charge in [-0.2, -0.15) is 0 Å². The average Bonchev–Trinajstić information content (AvgIpc) is 3.10. The largest absolute Gasteiger partial charge is 0.356 e. The molecule has 148 valence electrons. The van der Waals surface area contributed by atoms with E-state index in [1.54, 1.807) is 11.3 Å². The summed E-state index contributed by atoms with van der Waals surface area (Å²) in [6.07, 6.45) is 0. The predicted octanol–water partition coefficient (Wildman–Crippen LogP) is 2.19. The van der Waals surface area contributed by atoms with Gasteiger partial charge >= 0.3 is 0 Å². The van der Waals surface area contributed by atoms with E-state index in [4.69, 9.17) is 0 Å². The number of hydrogen-bond acceptors (Lipinski definition) is 4. The molecule has 6 nitrogen and oxygen atoms in total. The normalized spacial score (nSPS) is 17.0. The minimum atomic E-state index is 0. The van der Waals surface area contributed by atoms with Crippen molar-refractivity contribution >= 4 is 47.2 Å². The Morgan fingerprint density at radius 2 is 1.96 bits per heavy atom. The summed E-state index contributed by atoms with van der Waals surface area (Å²) >= 11 is 1.80. The molecule has 1 aromatic rings. The van der Waals surface area contributed by atoms with Gasteiger partial charge in [-0.1, -0.05) is 13.0 Å². The fraction of sp³-hybridized carbons (Fsp3) is 0.667. The molecule has 0 aromatic carbocycles. The molecule has 1 aromatic heterocycles. The summed E-state index contributed by atoms with van der Waals surface area (Å²) in [4.78, 5) is 22.2. The molecule has 1 aliphatic heterocycles. The summed E-state index contributed by atoms with van der Waals surface area (Å²) in [7, 11) is 1.83. The molecule has 2 rings (SSSR count). The van der Waals surface area contributed by atoms with E-state index in [0.717, 1.165) is 38.7 Å². The van der Waals surface area contributed by atoms with Crippen molar-refractivity contribution < 1.29 is 4.79 Å². The van der Waals surface area contributed by atoms with Crippen LogP contribution < -0.4 is 10.6 Å². The van der Waals surface area contributed by atoms with Crippen molar-refractivity contribution in [3.8, 4) is 0 Å². The maximum Gasteiger partial charge on any atom is 0.234 e. The van der Waals surface area contributed by atoms with Gasteiger partial charge in [0, 0.05) is 56.6 Å². The van der Waals surface area contributed by atoms with Crippen LogP contribution in [0.25, 0.3) is 0 Å². The molecule has 1 fully saturated rings. The van der Waals surface area contributed by atoms with E-state index in [2.05, 4.69) is 49.9 Å². The number of guanidine groups is 1. The van der Waals surface area contributed by atoms with Crippen molar-refractivity contribution in [2.24, 2.45) is 4.99 Å². The van der Waals surface area contributed by atoms with E-state index < -0.39 is 0 Å². The Bertz CT molecular complexity index is 556. The van der Waals surface area contributed by atoms with Gasteiger partial charge in [-0.15, -0.1) is 35.3 Å². The van der Waals surface area contributed by atoms with Crippen molar-refractivity contribution in [2.45, 2.75) is 32.7 Å². The van der Waals surface area contributed by atoms with Gasteiger partial charge in [-0.3, -0.25) is 14.7 Å². The highest BCUT2D eigenvalue weighted by Crippen LogP contribution is 2.19. The molecule has 1 saturated heterocycles. The Hall–Kier alpha value is -0.870. The number of aliphatic imine (C=N–C) groups is 1. The lowest BCUT2D eigenvalue weighted by atomic mass is 10.1. The smallest absolute Gasteiger partial charge is 0.234 e. The number of halogens is 1. The zero-order valence-electron chi connectivity index (χ0n) is 16.2. The van der Waals surface area contributed by atoms with Gasteiger partial charge in [-0.05, 0) is 25.3 Å². The number of nitrogens with zero attached hydrogens (tertiary/aromatic N) is 3. The van der Waals surface area contributed by atoms with E-state index >= 15 is 0 Å². The van der Waals surface area contributed by atoms with Crippen LogP contribution >= 0.6 is 35.3 Å². The molecule has 0 aliphatic carbocycles. The van der Waals surface area contributed by atoms with Gasteiger partial charge in [-0.25, -0.2) is 0 Å². The molecule has 1 unspecified atom stereocenters. The van der Waals surface area contributed by atoms with Gasteiger partial charge in [0.25, 0.3) is 0 Å². The van der Waals surface area contributed by atoms with Crippen LogP contribution in [-0.4, -0.2) is 74.0 Å². The molecule has 8 heteroatoms. The number of thiophene rings is 1. The Morgan fingerprint density at radius 1 is 1.27 bits per heavy atom. The second kappa shape index (κ2) is 11.8. The van der Waals surface area contributed by atoms with Gasteiger partial charge in [0.2, 0.25) is 5.91 Å². The molecule has 0 saturated carbocycles. The van der Waals surface area contributed by atoms with Crippen LogP contribution in [0.5, 0.6) is 0 Å². The van der Waals surface area contributed by atoms with Crippen LogP contribution in [0, 0.1) is 0 Å². The number of rotatable bonds is 6. The molecule has 2 N–H and O–H groups in total. The molecular formula is C18H32IN5OS. The topological polar surface area (TPSA) is 60.0 Å². The summed E-state index contributed by atoms with van der Waals surface area (Å²) in [6.45, 7) is 11.1. The van der Waals surface area contributed by atoms with Crippen molar-refractivity contribution in [2.75, 3.05) is 46.3 Å². The molecule has 0 spiro atoms. The van der Waals surface area contributed by atoms with Gasteiger partial charge in [0.1, 0.15) is 0 Å². The van der Waals surface area contributed by atoms with Crippen molar-refractivity contribution in [3.05, 3.63) is 22.4 Å². The fourth-order valence-electron chi connectivity index (χ4n) is 2.94. The Kier molecular flexibility index (Phi) is 10.5. The van der Waals surface area contributed by atoms with E-state index in [1.165, 1.54) is 4.88 Å². The summed E-state index contributed by atoms with van der Waals surface area (Å²) < 4.78 is 0. The third kappa shape index (κ3) is 7.40. The zero-order valence-corrected chi connectivity index (χ0v) is 19.3. The van der Waals surface area contributed by atoms with Crippen LogP contribution in [-0.2, 0) is 4.79 Å². The first-order valence-corrected chi connectivity index (χ1v) is 9.88. The highest BCUT2D eigenvalue weighted by molar-refractivity contribution is 14.0. The summed E-state index contributed by atoms with van der Waals surface area (Å²) in [6, 6.07) is 4.47. The lowest BCUT2D eigenvalue weighted by Crippen LogP contribution is -2.54. The summed E-state index contributed by atoms with van der Waals surface area (Å²) in [5, 5.41) is 8.57. The van der Waals surface area contributed by atoms with E-state index in [9.17, 15) is 4.79 Å². The Balaban J connectivity index is 0.00000338. The SMILES string of the molecule is CN=C(NCC(C)c1cccs1)N1CCN(CC(=O)NC(C)C)CC1.I. The predicted molar refractivity (Wildman–Crippen MR) is 121 cm³/mol. The van der Waals surface area contributed by atoms with Crippen molar-refractivity contribution in [1.82, 2.24) is 20.4 Å². The first kappa shape index (κ1) is 23.2. The number of piperazine rings is 1. The number of carbonyl (C=O) groups is 1. The van der Waals surface area contributed by atoms with Gasteiger partial charge < -0.3 is 15.5 Å². The summed E-state index contributed by atoms with van der Waals surface area (Å²) in [5.74, 6) is 1.53. The quantitative estimate of drug-likeness (QED) is 0.363. The Labute approximate surface area is 178 Å². The molecule has 1 aliphatic rings. The maximum atomic E-state index is 11.9.